The molecule has 1 fully saturated rings. The highest BCUT2D eigenvalue weighted by Crippen LogP contribution is 2.30. The molecule has 132 valence electrons. The predicted molar refractivity (Wildman–Crippen MR) is 113 cm³/mol. The van der Waals surface area contributed by atoms with Crippen molar-refractivity contribution in [2.24, 2.45) is 0 Å². The third kappa shape index (κ3) is 3.20. The van der Waals surface area contributed by atoms with Gasteiger partial charge in [-0.1, -0.05) is 42.5 Å². The SMILES string of the molecule is O=C1C(=Cc2cccs2)C(=O)N(c2ccccc2)C(=S)N1c1ccccc1. The summed E-state index contributed by atoms with van der Waals surface area (Å²) in [6, 6.07) is 22.0. The zero-order valence-corrected chi connectivity index (χ0v) is 15.7. The van der Waals surface area contributed by atoms with Crippen LogP contribution in [-0.4, -0.2) is 16.9 Å². The Hall–Kier alpha value is -3.09. The van der Waals surface area contributed by atoms with Gasteiger partial charge in [0, 0.05) is 4.88 Å². The molecule has 0 aliphatic carbocycles. The van der Waals surface area contributed by atoms with Gasteiger partial charge < -0.3 is 0 Å². The Bertz CT molecular complexity index is 965. The minimum Gasteiger partial charge on any atom is -0.268 e. The Morgan fingerprint density at radius 1 is 0.741 bits per heavy atom. The minimum absolute atomic E-state index is 0.0822. The first kappa shape index (κ1) is 17.3. The maximum atomic E-state index is 13.2. The highest BCUT2D eigenvalue weighted by atomic mass is 32.1. The summed E-state index contributed by atoms with van der Waals surface area (Å²) in [5, 5.41) is 2.05. The molecule has 4 nitrogen and oxygen atoms in total. The summed E-state index contributed by atoms with van der Waals surface area (Å²) < 4.78 is 0. The van der Waals surface area contributed by atoms with Crippen molar-refractivity contribution in [3.63, 3.8) is 0 Å². The van der Waals surface area contributed by atoms with Crippen molar-refractivity contribution in [2.45, 2.75) is 0 Å². The Kier molecular flexibility index (Phi) is 4.66. The molecule has 1 saturated heterocycles. The molecule has 0 atom stereocenters. The fourth-order valence-electron chi connectivity index (χ4n) is 2.85. The molecule has 0 N–H and O–H groups in total. The standard InChI is InChI=1S/C21H14N2O2S2/c24-19-18(14-17-12-7-13-27-17)20(25)23(16-10-5-2-6-11-16)21(26)22(19)15-8-3-1-4-9-15/h1-14H. The van der Waals surface area contributed by atoms with E-state index in [0.717, 1.165) is 4.88 Å². The topological polar surface area (TPSA) is 40.6 Å². The van der Waals surface area contributed by atoms with Gasteiger partial charge in [0.05, 0.1) is 11.4 Å². The van der Waals surface area contributed by atoms with E-state index in [9.17, 15) is 9.59 Å². The van der Waals surface area contributed by atoms with Crippen molar-refractivity contribution >= 4 is 57.9 Å². The van der Waals surface area contributed by atoms with Crippen LogP contribution in [0.25, 0.3) is 6.08 Å². The third-order valence-electron chi connectivity index (χ3n) is 4.11. The van der Waals surface area contributed by atoms with Crippen LogP contribution in [0.5, 0.6) is 0 Å². The van der Waals surface area contributed by atoms with E-state index in [1.807, 2.05) is 53.9 Å². The number of amides is 2. The molecule has 4 rings (SSSR count). The first-order chi connectivity index (χ1) is 13.2. The molecule has 2 heterocycles. The van der Waals surface area contributed by atoms with Gasteiger partial charge in [-0.3, -0.25) is 19.4 Å². The van der Waals surface area contributed by atoms with Gasteiger partial charge in [-0.25, -0.2) is 0 Å². The number of thiophene rings is 1. The number of thiocarbonyl (C=S) groups is 1. The number of anilines is 2. The molecule has 2 amide bonds. The average Bonchev–Trinajstić information content (AvgIpc) is 3.20. The van der Waals surface area contributed by atoms with Crippen molar-refractivity contribution in [1.29, 1.82) is 0 Å². The second-order valence-corrected chi connectivity index (χ2v) is 7.15. The highest BCUT2D eigenvalue weighted by Gasteiger charge is 2.41. The summed E-state index contributed by atoms with van der Waals surface area (Å²) in [6.45, 7) is 0. The normalized spacial score (nSPS) is 14.7. The molecule has 0 saturated carbocycles. The summed E-state index contributed by atoms with van der Waals surface area (Å²) >= 11 is 7.02. The Labute approximate surface area is 166 Å². The van der Waals surface area contributed by atoms with Gasteiger partial charge in [-0.2, -0.15) is 0 Å². The quantitative estimate of drug-likeness (QED) is 0.376. The molecular formula is C21H14N2O2S2. The van der Waals surface area contributed by atoms with Crippen LogP contribution in [0, 0.1) is 0 Å². The van der Waals surface area contributed by atoms with Crippen LogP contribution in [0.15, 0.2) is 83.7 Å². The van der Waals surface area contributed by atoms with Crippen LogP contribution in [0.2, 0.25) is 0 Å². The average molecular weight is 390 g/mol. The van der Waals surface area contributed by atoms with Crippen LogP contribution in [0.1, 0.15) is 4.88 Å². The van der Waals surface area contributed by atoms with Gasteiger partial charge in [-0.05, 0) is 54.0 Å². The van der Waals surface area contributed by atoms with Crippen LogP contribution in [0.3, 0.4) is 0 Å². The fraction of sp³-hybridized carbons (Fsp3) is 0. The molecule has 27 heavy (non-hydrogen) atoms. The van der Waals surface area contributed by atoms with E-state index < -0.39 is 11.8 Å². The molecule has 1 aromatic heterocycles. The summed E-state index contributed by atoms with van der Waals surface area (Å²) in [7, 11) is 0. The van der Waals surface area contributed by atoms with Crippen LogP contribution in [0.4, 0.5) is 11.4 Å². The van der Waals surface area contributed by atoms with Crippen LogP contribution < -0.4 is 9.80 Å². The maximum absolute atomic E-state index is 13.2. The number of carbonyl (C=O) groups excluding carboxylic acids is 2. The smallest absolute Gasteiger partial charge is 0.268 e. The molecule has 0 bridgehead atoms. The lowest BCUT2D eigenvalue weighted by Crippen LogP contribution is -2.56. The lowest BCUT2D eigenvalue weighted by molar-refractivity contribution is -0.120. The van der Waals surface area contributed by atoms with E-state index in [4.69, 9.17) is 12.2 Å². The van der Waals surface area contributed by atoms with Gasteiger partial charge >= 0.3 is 0 Å². The first-order valence-corrected chi connectivity index (χ1v) is 9.54. The lowest BCUT2D eigenvalue weighted by Gasteiger charge is -2.36. The number of benzene rings is 2. The molecule has 1 aliphatic rings. The fourth-order valence-corrected chi connectivity index (χ4v) is 3.89. The number of hydrogen-bond acceptors (Lipinski definition) is 4. The lowest BCUT2D eigenvalue weighted by atomic mass is 10.1. The third-order valence-corrected chi connectivity index (χ3v) is 5.29. The first-order valence-electron chi connectivity index (χ1n) is 8.25. The van der Waals surface area contributed by atoms with Crippen molar-refractivity contribution in [2.75, 3.05) is 9.80 Å². The Morgan fingerprint density at radius 3 is 1.70 bits per heavy atom. The van der Waals surface area contributed by atoms with Crippen LogP contribution in [-0.2, 0) is 9.59 Å². The van der Waals surface area contributed by atoms with Gasteiger partial charge in [0.1, 0.15) is 5.57 Å². The molecule has 2 aromatic carbocycles. The van der Waals surface area contributed by atoms with Gasteiger partial charge in [0.2, 0.25) is 0 Å². The largest absolute Gasteiger partial charge is 0.270 e. The summed E-state index contributed by atoms with van der Waals surface area (Å²) in [5.41, 5.74) is 1.33. The predicted octanol–water partition coefficient (Wildman–Crippen LogP) is 4.50. The Balaban J connectivity index is 1.87. The molecule has 0 spiro atoms. The maximum Gasteiger partial charge on any atom is 0.270 e. The second-order valence-electron chi connectivity index (χ2n) is 5.81. The van der Waals surface area contributed by atoms with E-state index in [1.54, 1.807) is 30.3 Å². The van der Waals surface area contributed by atoms with E-state index in [0.29, 0.717) is 11.4 Å². The molecule has 6 heteroatoms. The monoisotopic (exact) mass is 390 g/mol. The van der Waals surface area contributed by atoms with E-state index >= 15 is 0 Å². The number of para-hydroxylation sites is 2. The minimum atomic E-state index is -0.420. The van der Waals surface area contributed by atoms with Crippen molar-refractivity contribution in [3.8, 4) is 0 Å². The highest BCUT2D eigenvalue weighted by molar-refractivity contribution is 7.81. The molecule has 0 radical (unpaired) electrons. The summed E-state index contributed by atoms with van der Waals surface area (Å²) in [5.74, 6) is -0.839. The molecule has 3 aromatic rings. The second kappa shape index (κ2) is 7.26. The van der Waals surface area contributed by atoms with Crippen molar-refractivity contribution in [1.82, 2.24) is 0 Å². The molecule has 1 aliphatic heterocycles. The zero-order chi connectivity index (χ0) is 18.8. The summed E-state index contributed by atoms with van der Waals surface area (Å²) in [4.78, 5) is 30.0. The number of nitrogens with zero attached hydrogens (tertiary/aromatic N) is 2. The molecule has 0 unspecified atom stereocenters. The van der Waals surface area contributed by atoms with E-state index in [2.05, 4.69) is 0 Å². The number of rotatable bonds is 3. The van der Waals surface area contributed by atoms with Crippen LogP contribution >= 0.6 is 23.6 Å². The zero-order valence-electron chi connectivity index (χ0n) is 14.1. The number of hydrogen-bond donors (Lipinski definition) is 0. The number of carbonyl (C=O) groups is 2. The van der Waals surface area contributed by atoms with E-state index in [-0.39, 0.29) is 10.7 Å². The molecular weight excluding hydrogens is 376 g/mol. The van der Waals surface area contributed by atoms with Gasteiger partial charge in [0.25, 0.3) is 11.8 Å². The van der Waals surface area contributed by atoms with Crippen molar-refractivity contribution < 1.29 is 9.59 Å². The van der Waals surface area contributed by atoms with Gasteiger partial charge in [-0.15, -0.1) is 11.3 Å². The van der Waals surface area contributed by atoms with Gasteiger partial charge in [0.15, 0.2) is 5.11 Å². The van der Waals surface area contributed by atoms with E-state index in [1.165, 1.54) is 21.1 Å². The summed E-state index contributed by atoms with van der Waals surface area (Å²) in [6.07, 6.45) is 1.63. The van der Waals surface area contributed by atoms with Crippen molar-refractivity contribution in [3.05, 3.63) is 88.6 Å². The Morgan fingerprint density at radius 2 is 1.26 bits per heavy atom.